The number of hydrogen-bond acceptors (Lipinski definition) is 4. The Balaban J connectivity index is 0.00000338. The molecule has 8 heteroatoms. The minimum atomic E-state index is 0. The van der Waals surface area contributed by atoms with Gasteiger partial charge in [-0.3, -0.25) is 14.6 Å². The molecule has 0 aromatic carbocycles. The second kappa shape index (κ2) is 12.5. The highest BCUT2D eigenvalue weighted by atomic mass is 127. The Kier molecular flexibility index (Phi) is 11.1. The maximum absolute atomic E-state index is 5.53. The molecule has 0 saturated carbocycles. The Morgan fingerprint density at radius 3 is 2.50 bits per heavy atom. The van der Waals surface area contributed by atoms with E-state index >= 15 is 0 Å². The molecule has 0 bridgehead atoms. The molecule has 0 spiro atoms. The first-order chi connectivity index (χ1) is 12.2. The first kappa shape index (κ1) is 23.2. The monoisotopic (exact) mass is 478 g/mol. The number of nitrogens with zero attached hydrogens (tertiary/aromatic N) is 4. The Hall–Kier alpha value is -0.870. The Bertz CT molecular complexity index is 526. The highest BCUT2D eigenvalue weighted by Gasteiger charge is 2.26. The molecule has 1 aromatic heterocycles. The van der Waals surface area contributed by atoms with E-state index in [1.807, 2.05) is 31.0 Å². The van der Waals surface area contributed by atoms with E-state index in [1.54, 1.807) is 0 Å². The average Bonchev–Trinajstić information content (AvgIpc) is 3.06. The number of aryl methyl sites for hydroxylation is 1. The van der Waals surface area contributed by atoms with E-state index in [2.05, 4.69) is 39.5 Å². The standard InChI is InChI=1S/C18H34N6O.HI/c1-5-15(6-2)17(24-9-11-25-12-10-24)14-21-18(19-3)20-13-16-7-8-22-23(16)4;/h7-8,15,17H,5-6,9-14H2,1-4H3,(H2,19,20,21);1H. The molecule has 1 aromatic rings. The van der Waals surface area contributed by atoms with Gasteiger partial charge in [-0.25, -0.2) is 0 Å². The van der Waals surface area contributed by atoms with E-state index in [1.165, 1.54) is 12.8 Å². The van der Waals surface area contributed by atoms with Gasteiger partial charge in [0.15, 0.2) is 5.96 Å². The van der Waals surface area contributed by atoms with Gasteiger partial charge in [0.25, 0.3) is 0 Å². The number of halogens is 1. The first-order valence-electron chi connectivity index (χ1n) is 9.42. The third-order valence-corrected chi connectivity index (χ3v) is 5.17. The van der Waals surface area contributed by atoms with Gasteiger partial charge in [0, 0.05) is 46.0 Å². The Labute approximate surface area is 175 Å². The minimum Gasteiger partial charge on any atom is -0.379 e. The zero-order chi connectivity index (χ0) is 18.1. The lowest BCUT2D eigenvalue weighted by Crippen LogP contribution is -2.53. The molecule has 1 fully saturated rings. The first-order valence-corrected chi connectivity index (χ1v) is 9.42. The third kappa shape index (κ3) is 6.70. The highest BCUT2D eigenvalue weighted by molar-refractivity contribution is 14.0. The lowest BCUT2D eigenvalue weighted by atomic mass is 9.92. The summed E-state index contributed by atoms with van der Waals surface area (Å²) in [5, 5.41) is 11.1. The number of ether oxygens (including phenoxy) is 1. The van der Waals surface area contributed by atoms with Crippen LogP contribution in [0.4, 0.5) is 0 Å². The van der Waals surface area contributed by atoms with Crippen molar-refractivity contribution >= 4 is 29.9 Å². The van der Waals surface area contributed by atoms with Gasteiger partial charge in [-0.15, -0.1) is 24.0 Å². The molecule has 0 amide bonds. The highest BCUT2D eigenvalue weighted by Crippen LogP contribution is 2.19. The van der Waals surface area contributed by atoms with E-state index in [-0.39, 0.29) is 24.0 Å². The van der Waals surface area contributed by atoms with Crippen LogP contribution in [0.25, 0.3) is 0 Å². The van der Waals surface area contributed by atoms with Crippen LogP contribution in [0.2, 0.25) is 0 Å². The van der Waals surface area contributed by atoms with Gasteiger partial charge in [-0.1, -0.05) is 26.7 Å². The molecule has 0 radical (unpaired) electrons. The number of nitrogens with one attached hydrogen (secondary N) is 2. The molecule has 2 heterocycles. The SMILES string of the molecule is CCC(CC)C(CNC(=NC)NCc1ccnn1C)N1CCOCC1.I. The van der Waals surface area contributed by atoms with Gasteiger partial charge in [-0.05, 0) is 12.0 Å². The summed E-state index contributed by atoms with van der Waals surface area (Å²) in [5.74, 6) is 1.52. The quantitative estimate of drug-likeness (QED) is 0.339. The van der Waals surface area contributed by atoms with Crippen LogP contribution >= 0.6 is 24.0 Å². The fourth-order valence-electron chi connectivity index (χ4n) is 3.51. The van der Waals surface area contributed by atoms with Crippen molar-refractivity contribution in [2.75, 3.05) is 39.9 Å². The Morgan fingerprint density at radius 1 is 1.27 bits per heavy atom. The predicted molar refractivity (Wildman–Crippen MR) is 117 cm³/mol. The normalized spacial score (nSPS) is 17.0. The van der Waals surface area contributed by atoms with Crippen LogP contribution in [-0.4, -0.2) is 66.6 Å². The van der Waals surface area contributed by atoms with Crippen LogP contribution < -0.4 is 10.6 Å². The molecule has 1 atom stereocenters. The Morgan fingerprint density at radius 2 is 1.96 bits per heavy atom. The van der Waals surface area contributed by atoms with Gasteiger partial charge in [-0.2, -0.15) is 5.10 Å². The molecule has 1 aliphatic rings. The van der Waals surface area contributed by atoms with E-state index in [9.17, 15) is 0 Å². The van der Waals surface area contributed by atoms with E-state index < -0.39 is 0 Å². The summed E-state index contributed by atoms with van der Waals surface area (Å²) >= 11 is 0. The van der Waals surface area contributed by atoms with Crippen molar-refractivity contribution < 1.29 is 4.74 Å². The number of rotatable bonds is 8. The van der Waals surface area contributed by atoms with Crippen molar-refractivity contribution in [1.29, 1.82) is 0 Å². The summed E-state index contributed by atoms with van der Waals surface area (Å²) in [6.07, 6.45) is 4.21. The lowest BCUT2D eigenvalue weighted by molar-refractivity contribution is 0.00272. The zero-order valence-corrected chi connectivity index (χ0v) is 18.9. The molecule has 1 aliphatic heterocycles. The van der Waals surface area contributed by atoms with E-state index in [0.29, 0.717) is 18.5 Å². The smallest absolute Gasteiger partial charge is 0.191 e. The summed E-state index contributed by atoms with van der Waals surface area (Å²) in [6.45, 7) is 9.90. The van der Waals surface area contributed by atoms with Crippen LogP contribution in [0.15, 0.2) is 17.3 Å². The molecule has 2 rings (SSSR count). The van der Waals surface area contributed by atoms with Gasteiger partial charge < -0.3 is 15.4 Å². The summed E-state index contributed by atoms with van der Waals surface area (Å²) in [6, 6.07) is 2.52. The average molecular weight is 478 g/mol. The molecular weight excluding hydrogens is 443 g/mol. The van der Waals surface area contributed by atoms with Crippen LogP contribution in [0.5, 0.6) is 0 Å². The topological polar surface area (TPSA) is 66.7 Å². The number of hydrogen-bond donors (Lipinski definition) is 2. The molecule has 0 aliphatic carbocycles. The van der Waals surface area contributed by atoms with Crippen LogP contribution in [0, 0.1) is 5.92 Å². The maximum atomic E-state index is 5.53. The molecule has 2 N–H and O–H groups in total. The maximum Gasteiger partial charge on any atom is 0.191 e. The van der Waals surface area contributed by atoms with Crippen molar-refractivity contribution in [2.24, 2.45) is 18.0 Å². The summed E-state index contributed by atoms with van der Waals surface area (Å²) < 4.78 is 7.40. The second-order valence-corrected chi connectivity index (χ2v) is 6.55. The predicted octanol–water partition coefficient (Wildman–Crippen LogP) is 1.84. The van der Waals surface area contributed by atoms with Crippen LogP contribution in [-0.2, 0) is 18.3 Å². The molecule has 7 nitrogen and oxygen atoms in total. The number of morpholine rings is 1. The largest absolute Gasteiger partial charge is 0.379 e. The summed E-state index contributed by atoms with van der Waals surface area (Å²) in [5.41, 5.74) is 1.13. The summed E-state index contributed by atoms with van der Waals surface area (Å²) in [7, 11) is 3.77. The van der Waals surface area contributed by atoms with Crippen molar-refractivity contribution in [3.05, 3.63) is 18.0 Å². The van der Waals surface area contributed by atoms with Crippen molar-refractivity contribution in [1.82, 2.24) is 25.3 Å². The van der Waals surface area contributed by atoms with Crippen molar-refractivity contribution in [3.63, 3.8) is 0 Å². The molecule has 1 saturated heterocycles. The second-order valence-electron chi connectivity index (χ2n) is 6.55. The van der Waals surface area contributed by atoms with Gasteiger partial charge in [0.2, 0.25) is 0 Å². The third-order valence-electron chi connectivity index (χ3n) is 5.17. The van der Waals surface area contributed by atoms with Gasteiger partial charge in [0.05, 0.1) is 25.5 Å². The van der Waals surface area contributed by atoms with Crippen LogP contribution in [0.3, 0.4) is 0 Å². The zero-order valence-electron chi connectivity index (χ0n) is 16.6. The number of guanidine groups is 1. The summed E-state index contributed by atoms with van der Waals surface area (Å²) in [4.78, 5) is 6.94. The van der Waals surface area contributed by atoms with Crippen molar-refractivity contribution in [3.8, 4) is 0 Å². The van der Waals surface area contributed by atoms with Gasteiger partial charge in [0.1, 0.15) is 0 Å². The number of aliphatic imine (C=N–C) groups is 1. The van der Waals surface area contributed by atoms with Crippen LogP contribution in [0.1, 0.15) is 32.4 Å². The van der Waals surface area contributed by atoms with E-state index in [0.717, 1.165) is 44.5 Å². The molecule has 1 unspecified atom stereocenters. The molecule has 150 valence electrons. The molecular formula is C18H35IN6O. The van der Waals surface area contributed by atoms with E-state index in [4.69, 9.17) is 4.74 Å². The lowest BCUT2D eigenvalue weighted by Gasteiger charge is -2.39. The number of aromatic nitrogens is 2. The minimum absolute atomic E-state index is 0. The fraction of sp³-hybridized carbons (Fsp3) is 0.778. The molecule has 26 heavy (non-hydrogen) atoms. The van der Waals surface area contributed by atoms with Gasteiger partial charge >= 0.3 is 0 Å². The van der Waals surface area contributed by atoms with Crippen molar-refractivity contribution in [2.45, 2.75) is 39.3 Å². The fourth-order valence-corrected chi connectivity index (χ4v) is 3.51.